The molecule has 9 aromatic rings. The maximum atomic E-state index is 2.64. The first-order valence-electron chi connectivity index (χ1n) is 21.2. The Hall–Kier alpha value is -5.28. The van der Waals surface area contributed by atoms with Gasteiger partial charge in [-0.2, -0.15) is 0 Å². The normalized spacial score (nSPS) is 12.7. The Morgan fingerprint density at radius 3 is 1.15 bits per heavy atom. The van der Waals surface area contributed by atoms with Crippen LogP contribution in [0.15, 0.2) is 121 Å². The van der Waals surface area contributed by atoms with Crippen LogP contribution in [0.25, 0.3) is 87.7 Å². The van der Waals surface area contributed by atoms with Crippen LogP contribution >= 0.6 is 0 Å². The molecular weight excluding hydrogens is 667 g/mol. The number of hydrogen-bond acceptors (Lipinski definition) is 0. The minimum absolute atomic E-state index is 0.665. The molecule has 0 bridgehead atoms. The number of nitrogens with zero attached hydrogens (tertiary/aromatic N) is 3. The third kappa shape index (κ3) is 6.22. The van der Waals surface area contributed by atoms with E-state index in [9.17, 15) is 0 Å². The van der Waals surface area contributed by atoms with Crippen molar-refractivity contribution < 1.29 is 0 Å². The number of aryl methyl sites for hydroxylation is 2. The molecule has 0 aliphatic rings. The first kappa shape index (κ1) is 35.4. The third-order valence-electron chi connectivity index (χ3n) is 12.5. The summed E-state index contributed by atoms with van der Waals surface area (Å²) in [5, 5.41) is 8.09. The lowest BCUT2D eigenvalue weighted by molar-refractivity contribution is 0.401. The first-order chi connectivity index (χ1) is 27.1. The molecule has 3 aromatic heterocycles. The van der Waals surface area contributed by atoms with Crippen LogP contribution in [0.5, 0.6) is 0 Å². The summed E-state index contributed by atoms with van der Waals surface area (Å²) >= 11 is 0. The van der Waals surface area contributed by atoms with Crippen LogP contribution in [0.1, 0.15) is 79.1 Å². The van der Waals surface area contributed by atoms with Gasteiger partial charge >= 0.3 is 0 Å². The largest absolute Gasteiger partial charge is 0.340 e. The van der Waals surface area contributed by atoms with Crippen LogP contribution < -0.4 is 0 Å². The highest BCUT2D eigenvalue weighted by Crippen LogP contribution is 2.40. The Morgan fingerprint density at radius 1 is 0.382 bits per heavy atom. The Balaban J connectivity index is 1.20. The van der Waals surface area contributed by atoms with Crippen LogP contribution in [0.3, 0.4) is 0 Å². The summed E-state index contributed by atoms with van der Waals surface area (Å²) in [5.41, 5.74) is 13.2. The molecule has 0 aliphatic heterocycles. The number of aromatic nitrogens is 3. The molecule has 1 unspecified atom stereocenters. The van der Waals surface area contributed by atoms with Crippen molar-refractivity contribution in [2.75, 3.05) is 0 Å². The summed E-state index contributed by atoms with van der Waals surface area (Å²) in [7, 11) is 0. The van der Waals surface area contributed by atoms with E-state index in [-0.39, 0.29) is 0 Å². The maximum Gasteiger partial charge on any atom is 0.0491 e. The highest BCUT2D eigenvalue weighted by atomic mass is 15.0. The molecule has 55 heavy (non-hydrogen) atoms. The quantitative estimate of drug-likeness (QED) is 0.106. The second kappa shape index (κ2) is 15.1. The van der Waals surface area contributed by atoms with E-state index in [0.29, 0.717) is 5.92 Å². The molecule has 1 atom stereocenters. The van der Waals surface area contributed by atoms with Crippen molar-refractivity contribution >= 4 is 65.4 Å². The fourth-order valence-corrected chi connectivity index (χ4v) is 9.42. The summed E-state index contributed by atoms with van der Waals surface area (Å²) in [6.07, 6.45) is 9.78. The van der Waals surface area contributed by atoms with Gasteiger partial charge in [-0.3, -0.25) is 0 Å². The van der Waals surface area contributed by atoms with E-state index in [2.05, 4.69) is 163 Å². The van der Waals surface area contributed by atoms with E-state index >= 15 is 0 Å². The highest BCUT2D eigenvalue weighted by molar-refractivity contribution is 6.13. The molecule has 0 saturated carbocycles. The van der Waals surface area contributed by atoms with E-state index in [1.165, 1.54) is 139 Å². The van der Waals surface area contributed by atoms with E-state index in [0.717, 1.165) is 19.6 Å². The SMILES string of the molecule is CCCCC(CC)Cn1c2ccc(-c3ccc4c(c3)c3ccccc3n4CCCC)cc2c2cc(-c3ccc4c(c3)c3ccccc3n4CCCC)ccc21. The molecule has 0 aliphatic carbocycles. The minimum atomic E-state index is 0.665. The molecule has 3 heteroatoms. The molecular formula is C52H55N3. The Kier molecular flexibility index (Phi) is 9.72. The first-order valence-corrected chi connectivity index (χ1v) is 21.2. The predicted octanol–water partition coefficient (Wildman–Crippen LogP) is 15.2. The van der Waals surface area contributed by atoms with Gasteiger partial charge < -0.3 is 13.7 Å². The van der Waals surface area contributed by atoms with Gasteiger partial charge in [-0.25, -0.2) is 0 Å². The molecule has 278 valence electrons. The van der Waals surface area contributed by atoms with Crippen molar-refractivity contribution in [3.8, 4) is 22.3 Å². The van der Waals surface area contributed by atoms with E-state index in [1.54, 1.807) is 0 Å². The van der Waals surface area contributed by atoms with E-state index in [1.807, 2.05) is 0 Å². The van der Waals surface area contributed by atoms with Crippen molar-refractivity contribution in [2.45, 2.75) is 98.7 Å². The predicted molar refractivity (Wildman–Crippen MR) is 239 cm³/mol. The van der Waals surface area contributed by atoms with Gasteiger partial charge in [-0.1, -0.05) is 120 Å². The molecule has 0 amide bonds. The molecule has 0 saturated heterocycles. The van der Waals surface area contributed by atoms with Gasteiger partial charge in [0.05, 0.1) is 0 Å². The molecule has 3 heterocycles. The van der Waals surface area contributed by atoms with Crippen molar-refractivity contribution in [2.24, 2.45) is 5.92 Å². The zero-order valence-corrected chi connectivity index (χ0v) is 33.2. The summed E-state index contributed by atoms with van der Waals surface area (Å²) in [4.78, 5) is 0. The smallest absolute Gasteiger partial charge is 0.0491 e. The Labute approximate surface area is 326 Å². The number of unbranched alkanes of at least 4 members (excludes halogenated alkanes) is 3. The number of fused-ring (bicyclic) bond motifs is 9. The second-order valence-corrected chi connectivity index (χ2v) is 16.0. The fourth-order valence-electron chi connectivity index (χ4n) is 9.42. The highest BCUT2D eigenvalue weighted by Gasteiger charge is 2.18. The van der Waals surface area contributed by atoms with Crippen molar-refractivity contribution in [3.63, 3.8) is 0 Å². The second-order valence-electron chi connectivity index (χ2n) is 16.0. The average Bonchev–Trinajstić information content (AvgIpc) is 3.84. The zero-order chi connectivity index (χ0) is 37.5. The molecule has 0 radical (unpaired) electrons. The van der Waals surface area contributed by atoms with Crippen LogP contribution in [-0.2, 0) is 19.6 Å². The zero-order valence-electron chi connectivity index (χ0n) is 33.2. The molecule has 3 nitrogen and oxygen atoms in total. The van der Waals surface area contributed by atoms with Crippen LogP contribution in [0.2, 0.25) is 0 Å². The number of benzene rings is 6. The minimum Gasteiger partial charge on any atom is -0.340 e. The van der Waals surface area contributed by atoms with E-state index < -0.39 is 0 Å². The van der Waals surface area contributed by atoms with Gasteiger partial charge in [-0.15, -0.1) is 0 Å². The van der Waals surface area contributed by atoms with Gasteiger partial charge in [0, 0.05) is 85.1 Å². The third-order valence-corrected chi connectivity index (χ3v) is 12.5. The lowest BCUT2D eigenvalue weighted by Gasteiger charge is -2.17. The number of para-hydroxylation sites is 2. The van der Waals surface area contributed by atoms with Crippen LogP contribution in [-0.4, -0.2) is 13.7 Å². The van der Waals surface area contributed by atoms with Crippen LogP contribution in [0, 0.1) is 5.92 Å². The monoisotopic (exact) mass is 721 g/mol. The lowest BCUT2D eigenvalue weighted by Crippen LogP contribution is -2.10. The lowest BCUT2D eigenvalue weighted by atomic mass is 9.98. The van der Waals surface area contributed by atoms with E-state index in [4.69, 9.17) is 0 Å². The van der Waals surface area contributed by atoms with Crippen LogP contribution in [0.4, 0.5) is 0 Å². The van der Waals surface area contributed by atoms with Crippen molar-refractivity contribution in [1.82, 2.24) is 13.7 Å². The maximum absolute atomic E-state index is 2.64. The summed E-state index contributed by atoms with van der Waals surface area (Å²) < 4.78 is 7.69. The molecule has 0 fully saturated rings. The van der Waals surface area contributed by atoms with Crippen molar-refractivity contribution in [3.05, 3.63) is 121 Å². The Bertz CT molecular complexity index is 2620. The summed E-state index contributed by atoms with van der Waals surface area (Å²) in [5.74, 6) is 0.665. The molecule has 0 N–H and O–H groups in total. The number of hydrogen-bond donors (Lipinski definition) is 0. The standard InChI is InChI=1S/C52H55N3/c1-5-9-16-36(8-4)35-55-51-27-23-39(37-21-25-49-43(31-37)41-17-12-14-19-47(41)53(49)29-10-6-2)33-45(51)46-34-40(24-28-52(46)55)38-22-26-50-44(32-38)42-18-13-15-20-48(42)54(50)30-11-7-3/h12-15,17-28,31-34,36H,5-11,16,29-30,35H2,1-4H3. The number of rotatable bonds is 14. The fraction of sp³-hybridized carbons (Fsp3) is 0.308. The summed E-state index contributed by atoms with van der Waals surface area (Å²) in [6.45, 7) is 12.4. The Morgan fingerprint density at radius 2 is 0.745 bits per heavy atom. The molecule has 9 rings (SSSR count). The van der Waals surface area contributed by atoms with Gasteiger partial charge in [-0.05, 0) is 108 Å². The average molecular weight is 722 g/mol. The van der Waals surface area contributed by atoms with Gasteiger partial charge in [0.1, 0.15) is 0 Å². The topological polar surface area (TPSA) is 14.8 Å². The van der Waals surface area contributed by atoms with Gasteiger partial charge in [0.2, 0.25) is 0 Å². The summed E-state index contributed by atoms with van der Waals surface area (Å²) in [6, 6.07) is 46.7. The van der Waals surface area contributed by atoms with Gasteiger partial charge in [0.15, 0.2) is 0 Å². The molecule has 0 spiro atoms. The molecule has 6 aromatic carbocycles. The van der Waals surface area contributed by atoms with Gasteiger partial charge in [0.25, 0.3) is 0 Å². The van der Waals surface area contributed by atoms with Crippen molar-refractivity contribution in [1.29, 1.82) is 0 Å².